The van der Waals surface area contributed by atoms with Crippen LogP contribution in [-0.2, 0) is 0 Å². The second-order valence-electron chi connectivity index (χ2n) is 4.02. The fraction of sp³-hybridized carbons (Fsp3) is 0.0667. The van der Waals surface area contributed by atoms with Crippen LogP contribution < -0.4 is 5.32 Å². The summed E-state index contributed by atoms with van der Waals surface area (Å²) in [6.07, 6.45) is 5.35. The van der Waals surface area contributed by atoms with Gasteiger partial charge in [0.2, 0.25) is 0 Å². The second kappa shape index (κ2) is 5.57. The van der Waals surface area contributed by atoms with Gasteiger partial charge in [-0.2, -0.15) is 10.5 Å². The van der Waals surface area contributed by atoms with E-state index < -0.39 is 0 Å². The van der Waals surface area contributed by atoms with Gasteiger partial charge in [0.05, 0.1) is 0 Å². The Balaban J connectivity index is 2.31. The zero-order chi connectivity index (χ0) is 13.7. The molecule has 0 aliphatic heterocycles. The Kier molecular flexibility index (Phi) is 3.66. The zero-order valence-electron chi connectivity index (χ0n) is 10.5. The van der Waals surface area contributed by atoms with Crippen LogP contribution in [-0.4, -0.2) is 4.57 Å². The summed E-state index contributed by atoms with van der Waals surface area (Å²) in [5, 5.41) is 20.3. The van der Waals surface area contributed by atoms with Gasteiger partial charge in [-0.1, -0.05) is 6.07 Å². The predicted octanol–water partition coefficient (Wildman–Crippen LogP) is 3.13. The first-order valence-corrected chi connectivity index (χ1v) is 5.75. The van der Waals surface area contributed by atoms with Gasteiger partial charge in [0.1, 0.15) is 17.7 Å². The molecule has 19 heavy (non-hydrogen) atoms. The molecule has 0 fully saturated rings. The van der Waals surface area contributed by atoms with E-state index in [1.165, 1.54) is 6.20 Å². The second-order valence-corrected chi connectivity index (χ2v) is 4.02. The molecule has 0 amide bonds. The van der Waals surface area contributed by atoms with Crippen LogP contribution in [0, 0.1) is 29.6 Å². The van der Waals surface area contributed by atoms with Crippen molar-refractivity contribution >= 4 is 5.69 Å². The fourth-order valence-corrected chi connectivity index (χ4v) is 1.72. The van der Waals surface area contributed by atoms with Crippen LogP contribution in [0.2, 0.25) is 0 Å². The molecule has 0 saturated heterocycles. The maximum atomic E-state index is 8.67. The van der Waals surface area contributed by atoms with Gasteiger partial charge in [0, 0.05) is 30.0 Å². The highest BCUT2D eigenvalue weighted by Crippen LogP contribution is 2.19. The molecule has 4 heteroatoms. The van der Waals surface area contributed by atoms with Crippen LogP contribution in [0.3, 0.4) is 0 Å². The van der Waals surface area contributed by atoms with Crippen molar-refractivity contribution in [2.75, 3.05) is 5.32 Å². The van der Waals surface area contributed by atoms with Crippen LogP contribution >= 0.6 is 0 Å². The predicted molar refractivity (Wildman–Crippen MR) is 73.4 cm³/mol. The summed E-state index contributed by atoms with van der Waals surface area (Å²) in [7, 11) is 0. The Morgan fingerprint density at radius 1 is 1.21 bits per heavy atom. The van der Waals surface area contributed by atoms with Gasteiger partial charge in [-0.3, -0.25) is 0 Å². The molecule has 0 saturated carbocycles. The van der Waals surface area contributed by atoms with Gasteiger partial charge in [-0.15, -0.1) is 0 Å². The number of hydrogen-bond acceptors (Lipinski definition) is 3. The molecule has 92 valence electrons. The average Bonchev–Trinajstić information content (AvgIpc) is 2.95. The lowest BCUT2D eigenvalue weighted by Gasteiger charge is -2.10. The number of nitrogens with one attached hydrogen (secondary N) is 1. The summed E-state index contributed by atoms with van der Waals surface area (Å²) >= 11 is 0. The molecule has 0 aliphatic carbocycles. The third kappa shape index (κ3) is 2.83. The first-order valence-electron chi connectivity index (χ1n) is 5.75. The number of hydrogen-bond donors (Lipinski definition) is 1. The standard InChI is InChI=1S/C15H12N4/c1-12-4-5-14(18-11-13(9-16)10-17)8-15(12)19-6-2-3-7-19/h2-8,11,18H,1H3. The van der Waals surface area contributed by atoms with E-state index in [4.69, 9.17) is 10.5 Å². The Bertz CT molecular complexity index is 666. The number of aromatic nitrogens is 1. The van der Waals surface area contributed by atoms with Crippen molar-refractivity contribution in [2.24, 2.45) is 0 Å². The highest BCUT2D eigenvalue weighted by Gasteiger charge is 2.01. The molecule has 1 heterocycles. The minimum Gasteiger partial charge on any atom is -0.360 e. The smallest absolute Gasteiger partial charge is 0.145 e. The molecular weight excluding hydrogens is 236 g/mol. The third-order valence-corrected chi connectivity index (χ3v) is 2.72. The average molecular weight is 248 g/mol. The van der Waals surface area contributed by atoms with Crippen LogP contribution in [0.25, 0.3) is 5.69 Å². The summed E-state index contributed by atoms with van der Waals surface area (Å²) in [6, 6.07) is 13.4. The minimum atomic E-state index is 0.0445. The summed E-state index contributed by atoms with van der Waals surface area (Å²) in [6.45, 7) is 2.03. The number of benzene rings is 1. The molecule has 0 spiro atoms. The van der Waals surface area contributed by atoms with Crippen LogP contribution in [0.4, 0.5) is 5.69 Å². The Hall–Kier alpha value is -2.98. The lowest BCUT2D eigenvalue weighted by molar-refractivity contribution is 1.06. The SMILES string of the molecule is Cc1ccc(NC=C(C#N)C#N)cc1-n1cccc1. The number of nitrogens with zero attached hydrogens (tertiary/aromatic N) is 3. The molecule has 2 rings (SSSR count). The van der Waals surface area contributed by atoms with E-state index in [0.717, 1.165) is 16.9 Å². The zero-order valence-corrected chi connectivity index (χ0v) is 10.5. The van der Waals surface area contributed by atoms with Gasteiger partial charge in [0.15, 0.2) is 0 Å². The molecule has 0 bridgehead atoms. The topological polar surface area (TPSA) is 64.5 Å². The molecule has 1 N–H and O–H groups in total. The van der Waals surface area contributed by atoms with Crippen LogP contribution in [0.15, 0.2) is 54.5 Å². The van der Waals surface area contributed by atoms with Crippen molar-refractivity contribution in [1.29, 1.82) is 10.5 Å². The fourth-order valence-electron chi connectivity index (χ4n) is 1.72. The van der Waals surface area contributed by atoms with Gasteiger partial charge in [0.25, 0.3) is 0 Å². The summed E-state index contributed by atoms with van der Waals surface area (Å²) in [5.41, 5.74) is 3.07. The van der Waals surface area contributed by atoms with Crippen molar-refractivity contribution < 1.29 is 0 Å². The minimum absolute atomic E-state index is 0.0445. The van der Waals surface area contributed by atoms with Crippen molar-refractivity contribution in [1.82, 2.24) is 4.57 Å². The molecule has 0 radical (unpaired) electrons. The molecule has 0 atom stereocenters. The maximum absolute atomic E-state index is 8.67. The van der Waals surface area contributed by atoms with Crippen molar-refractivity contribution in [3.8, 4) is 17.8 Å². The van der Waals surface area contributed by atoms with Gasteiger partial charge < -0.3 is 9.88 Å². The number of anilines is 1. The van der Waals surface area contributed by atoms with E-state index in [9.17, 15) is 0 Å². The molecule has 0 aliphatic rings. The van der Waals surface area contributed by atoms with Crippen LogP contribution in [0.1, 0.15) is 5.56 Å². The normalized spacial score (nSPS) is 9.21. The quantitative estimate of drug-likeness (QED) is 0.849. The van der Waals surface area contributed by atoms with E-state index in [-0.39, 0.29) is 5.57 Å². The Morgan fingerprint density at radius 2 is 1.89 bits per heavy atom. The monoisotopic (exact) mass is 248 g/mol. The first kappa shape index (κ1) is 12.5. The maximum Gasteiger partial charge on any atom is 0.145 e. The number of nitriles is 2. The molecule has 4 nitrogen and oxygen atoms in total. The Labute approximate surface area is 111 Å². The molecule has 1 aromatic carbocycles. The molecule has 1 aromatic heterocycles. The largest absolute Gasteiger partial charge is 0.360 e. The highest BCUT2D eigenvalue weighted by atomic mass is 14.9. The highest BCUT2D eigenvalue weighted by molar-refractivity contribution is 5.57. The van der Waals surface area contributed by atoms with Crippen molar-refractivity contribution in [3.63, 3.8) is 0 Å². The molecule has 0 unspecified atom stereocenters. The van der Waals surface area contributed by atoms with E-state index >= 15 is 0 Å². The summed E-state index contributed by atoms with van der Waals surface area (Å²) in [4.78, 5) is 0. The van der Waals surface area contributed by atoms with Crippen molar-refractivity contribution in [3.05, 3.63) is 60.1 Å². The Morgan fingerprint density at radius 3 is 2.53 bits per heavy atom. The lowest BCUT2D eigenvalue weighted by atomic mass is 10.1. The lowest BCUT2D eigenvalue weighted by Crippen LogP contribution is -1.96. The molecule has 2 aromatic rings. The number of allylic oxidation sites excluding steroid dienone is 1. The number of rotatable bonds is 3. The number of aryl methyl sites for hydroxylation is 1. The van der Waals surface area contributed by atoms with E-state index in [2.05, 4.69) is 5.32 Å². The third-order valence-electron chi connectivity index (χ3n) is 2.72. The van der Waals surface area contributed by atoms with Gasteiger partial charge in [-0.05, 0) is 36.8 Å². The van der Waals surface area contributed by atoms with E-state index in [0.29, 0.717) is 0 Å². The van der Waals surface area contributed by atoms with E-state index in [1.807, 2.05) is 66.4 Å². The van der Waals surface area contributed by atoms with Crippen LogP contribution in [0.5, 0.6) is 0 Å². The van der Waals surface area contributed by atoms with Gasteiger partial charge >= 0.3 is 0 Å². The van der Waals surface area contributed by atoms with Crippen molar-refractivity contribution in [2.45, 2.75) is 6.92 Å². The first-order chi connectivity index (χ1) is 9.24. The van der Waals surface area contributed by atoms with Gasteiger partial charge in [-0.25, -0.2) is 0 Å². The van der Waals surface area contributed by atoms with E-state index in [1.54, 1.807) is 0 Å². The molecular formula is C15H12N4. The summed E-state index contributed by atoms with van der Waals surface area (Å²) < 4.78 is 2.01. The summed E-state index contributed by atoms with van der Waals surface area (Å²) in [5.74, 6) is 0.